The Morgan fingerprint density at radius 1 is 1.38 bits per heavy atom. The van der Waals surface area contributed by atoms with Crippen LogP contribution >= 0.6 is 0 Å². The minimum Gasteiger partial charge on any atom is -0.311 e. The summed E-state index contributed by atoms with van der Waals surface area (Å²) in [4.78, 5) is 0. The van der Waals surface area contributed by atoms with Gasteiger partial charge in [-0.25, -0.2) is 0 Å². The van der Waals surface area contributed by atoms with Gasteiger partial charge in [-0.3, -0.25) is 4.68 Å². The molecule has 0 aliphatic carbocycles. The normalized spacial score (nSPS) is 12.9. The van der Waals surface area contributed by atoms with Crippen LogP contribution in [0.5, 0.6) is 0 Å². The number of nitrogens with one attached hydrogen (secondary N) is 1. The molecule has 4 nitrogen and oxygen atoms in total. The lowest BCUT2D eigenvalue weighted by Crippen LogP contribution is -2.14. The van der Waals surface area contributed by atoms with Gasteiger partial charge in [0.25, 0.3) is 0 Å². The minimum atomic E-state index is 0.683. The predicted octanol–water partition coefficient (Wildman–Crippen LogP) is 2.21. The topological polar surface area (TPSA) is 42.7 Å². The van der Waals surface area contributed by atoms with Gasteiger partial charge in [-0.05, 0) is 25.3 Å². The van der Waals surface area contributed by atoms with Crippen LogP contribution in [0.3, 0.4) is 0 Å². The van der Waals surface area contributed by atoms with Crippen molar-refractivity contribution < 1.29 is 0 Å². The van der Waals surface area contributed by atoms with Crippen LogP contribution in [-0.4, -0.2) is 21.5 Å². The van der Waals surface area contributed by atoms with E-state index >= 15 is 0 Å². The SMILES string of the molecule is CCCNCc1cn(CC(C)CCC)nn1. The van der Waals surface area contributed by atoms with Crippen LogP contribution in [0.25, 0.3) is 0 Å². The molecule has 0 saturated heterocycles. The Kier molecular flexibility index (Phi) is 6.08. The predicted molar refractivity (Wildman–Crippen MR) is 66.1 cm³/mol. The van der Waals surface area contributed by atoms with Gasteiger partial charge in [0.2, 0.25) is 0 Å². The molecule has 1 N–H and O–H groups in total. The Hall–Kier alpha value is -0.900. The molecule has 1 aromatic heterocycles. The zero-order chi connectivity index (χ0) is 11.8. The van der Waals surface area contributed by atoms with Crippen LogP contribution in [0.1, 0.15) is 45.7 Å². The Bertz CT molecular complexity index is 282. The van der Waals surface area contributed by atoms with Crippen molar-refractivity contribution in [3.63, 3.8) is 0 Å². The molecule has 0 saturated carbocycles. The molecule has 1 rings (SSSR count). The van der Waals surface area contributed by atoms with Crippen LogP contribution in [0.15, 0.2) is 6.20 Å². The zero-order valence-electron chi connectivity index (χ0n) is 10.7. The van der Waals surface area contributed by atoms with E-state index in [4.69, 9.17) is 0 Å². The second kappa shape index (κ2) is 7.39. The van der Waals surface area contributed by atoms with Gasteiger partial charge in [0.1, 0.15) is 0 Å². The molecule has 92 valence electrons. The molecule has 0 aliphatic rings. The maximum absolute atomic E-state index is 4.15. The summed E-state index contributed by atoms with van der Waals surface area (Å²) in [5, 5.41) is 11.6. The Balaban J connectivity index is 2.33. The number of rotatable bonds is 8. The third-order valence-electron chi connectivity index (χ3n) is 2.60. The lowest BCUT2D eigenvalue weighted by molar-refractivity contribution is 0.414. The van der Waals surface area contributed by atoms with E-state index in [1.165, 1.54) is 12.8 Å². The first-order chi connectivity index (χ1) is 7.76. The molecule has 0 aliphatic heterocycles. The number of hydrogen-bond acceptors (Lipinski definition) is 3. The highest BCUT2D eigenvalue weighted by Gasteiger charge is 2.04. The van der Waals surface area contributed by atoms with E-state index < -0.39 is 0 Å². The molecule has 0 aromatic carbocycles. The molecule has 1 unspecified atom stereocenters. The second-order valence-electron chi connectivity index (χ2n) is 4.50. The highest BCUT2D eigenvalue weighted by Crippen LogP contribution is 2.07. The standard InChI is InChI=1S/C12H24N4/c1-4-6-11(3)9-16-10-12(14-15-16)8-13-7-5-2/h10-11,13H,4-9H2,1-3H3. The highest BCUT2D eigenvalue weighted by atomic mass is 15.4. The van der Waals surface area contributed by atoms with E-state index in [1.54, 1.807) is 0 Å². The number of aromatic nitrogens is 3. The summed E-state index contributed by atoms with van der Waals surface area (Å²) >= 11 is 0. The van der Waals surface area contributed by atoms with Crippen molar-refractivity contribution in [2.45, 2.75) is 53.1 Å². The van der Waals surface area contributed by atoms with E-state index in [9.17, 15) is 0 Å². The molecule has 4 heteroatoms. The van der Waals surface area contributed by atoms with Gasteiger partial charge in [-0.15, -0.1) is 5.10 Å². The van der Waals surface area contributed by atoms with Crippen molar-refractivity contribution in [2.24, 2.45) is 5.92 Å². The van der Waals surface area contributed by atoms with Gasteiger partial charge in [0.15, 0.2) is 0 Å². The summed E-state index contributed by atoms with van der Waals surface area (Å²) in [6.07, 6.45) is 5.69. The molecule has 0 fully saturated rings. The lowest BCUT2D eigenvalue weighted by atomic mass is 10.1. The van der Waals surface area contributed by atoms with E-state index in [2.05, 4.69) is 42.6 Å². The molecule has 0 spiro atoms. The van der Waals surface area contributed by atoms with E-state index in [0.717, 1.165) is 31.7 Å². The van der Waals surface area contributed by atoms with Crippen LogP contribution in [0.4, 0.5) is 0 Å². The molecule has 0 amide bonds. The van der Waals surface area contributed by atoms with Crippen molar-refractivity contribution in [3.05, 3.63) is 11.9 Å². The summed E-state index contributed by atoms with van der Waals surface area (Å²) in [6, 6.07) is 0. The smallest absolute Gasteiger partial charge is 0.0964 e. The molecule has 16 heavy (non-hydrogen) atoms. The third-order valence-corrected chi connectivity index (χ3v) is 2.60. The first kappa shape index (κ1) is 13.2. The van der Waals surface area contributed by atoms with Crippen LogP contribution in [-0.2, 0) is 13.1 Å². The average molecular weight is 224 g/mol. The first-order valence-corrected chi connectivity index (χ1v) is 6.36. The quantitative estimate of drug-likeness (QED) is 0.688. The highest BCUT2D eigenvalue weighted by molar-refractivity contribution is 4.91. The number of hydrogen-bond donors (Lipinski definition) is 1. The monoisotopic (exact) mass is 224 g/mol. The van der Waals surface area contributed by atoms with E-state index in [0.29, 0.717) is 5.92 Å². The van der Waals surface area contributed by atoms with Crippen LogP contribution in [0.2, 0.25) is 0 Å². The number of nitrogens with zero attached hydrogens (tertiary/aromatic N) is 3. The average Bonchev–Trinajstić information content (AvgIpc) is 2.66. The molecule has 1 heterocycles. The van der Waals surface area contributed by atoms with Crippen molar-refractivity contribution in [1.82, 2.24) is 20.3 Å². The van der Waals surface area contributed by atoms with Crippen molar-refractivity contribution >= 4 is 0 Å². The fraction of sp³-hybridized carbons (Fsp3) is 0.833. The maximum atomic E-state index is 4.15. The molecule has 1 aromatic rings. The minimum absolute atomic E-state index is 0.683. The summed E-state index contributed by atoms with van der Waals surface area (Å²) in [5.74, 6) is 0.683. The molecule has 1 atom stereocenters. The summed E-state index contributed by atoms with van der Waals surface area (Å²) in [5.41, 5.74) is 1.04. The molecular weight excluding hydrogens is 200 g/mol. The van der Waals surface area contributed by atoms with Crippen LogP contribution < -0.4 is 5.32 Å². The van der Waals surface area contributed by atoms with Gasteiger partial charge in [-0.1, -0.05) is 32.4 Å². The zero-order valence-corrected chi connectivity index (χ0v) is 10.7. The van der Waals surface area contributed by atoms with Crippen molar-refractivity contribution in [2.75, 3.05) is 6.54 Å². The molecular formula is C12H24N4. The van der Waals surface area contributed by atoms with Crippen molar-refractivity contribution in [3.8, 4) is 0 Å². The van der Waals surface area contributed by atoms with Gasteiger partial charge < -0.3 is 5.32 Å². The van der Waals surface area contributed by atoms with E-state index in [1.807, 2.05) is 4.68 Å². The summed E-state index contributed by atoms with van der Waals surface area (Å²) in [6.45, 7) is 9.50. The molecule has 0 radical (unpaired) electrons. The second-order valence-corrected chi connectivity index (χ2v) is 4.50. The first-order valence-electron chi connectivity index (χ1n) is 6.36. The maximum Gasteiger partial charge on any atom is 0.0964 e. The third kappa shape index (κ3) is 4.75. The van der Waals surface area contributed by atoms with Gasteiger partial charge >= 0.3 is 0 Å². The lowest BCUT2D eigenvalue weighted by Gasteiger charge is -2.08. The fourth-order valence-electron chi connectivity index (χ4n) is 1.81. The molecule has 0 bridgehead atoms. The van der Waals surface area contributed by atoms with E-state index in [-0.39, 0.29) is 0 Å². The summed E-state index contributed by atoms with van der Waals surface area (Å²) < 4.78 is 1.96. The Labute approximate surface area is 98.4 Å². The van der Waals surface area contributed by atoms with Gasteiger partial charge in [0.05, 0.1) is 5.69 Å². The summed E-state index contributed by atoms with van der Waals surface area (Å²) in [7, 11) is 0. The van der Waals surface area contributed by atoms with Crippen molar-refractivity contribution in [1.29, 1.82) is 0 Å². The van der Waals surface area contributed by atoms with Gasteiger partial charge in [0, 0.05) is 19.3 Å². The van der Waals surface area contributed by atoms with Gasteiger partial charge in [-0.2, -0.15) is 0 Å². The largest absolute Gasteiger partial charge is 0.311 e. The Morgan fingerprint density at radius 3 is 2.88 bits per heavy atom. The fourth-order valence-corrected chi connectivity index (χ4v) is 1.81. The Morgan fingerprint density at radius 2 is 2.19 bits per heavy atom. The van der Waals surface area contributed by atoms with Crippen LogP contribution in [0, 0.1) is 5.92 Å².